The second-order valence-corrected chi connectivity index (χ2v) is 6.35. The van der Waals surface area contributed by atoms with Crippen LogP contribution in [0.5, 0.6) is 0 Å². The summed E-state index contributed by atoms with van der Waals surface area (Å²) in [4.78, 5) is 16.8. The Morgan fingerprint density at radius 3 is 2.77 bits per heavy atom. The van der Waals surface area contributed by atoms with Gasteiger partial charge in [0, 0.05) is 19.2 Å². The molecule has 5 nitrogen and oxygen atoms in total. The van der Waals surface area contributed by atoms with E-state index in [0.29, 0.717) is 11.6 Å². The molecule has 2 aromatic carbocycles. The van der Waals surface area contributed by atoms with E-state index in [2.05, 4.69) is 4.98 Å². The van der Waals surface area contributed by atoms with Crippen molar-refractivity contribution >= 4 is 44.5 Å². The third kappa shape index (κ3) is 2.88. The van der Waals surface area contributed by atoms with Gasteiger partial charge in [0.2, 0.25) is 0 Å². The van der Waals surface area contributed by atoms with Crippen LogP contribution in [0, 0.1) is 10.1 Å². The third-order valence-corrected chi connectivity index (χ3v) is 4.59. The fraction of sp³-hybridized carbons (Fsp3) is 0.133. The van der Waals surface area contributed by atoms with Crippen LogP contribution in [0.2, 0.25) is 5.02 Å². The van der Waals surface area contributed by atoms with Crippen LogP contribution in [0.25, 0.3) is 10.2 Å². The fourth-order valence-corrected chi connectivity index (χ4v) is 3.53. The molecule has 0 unspecified atom stereocenters. The number of rotatable bonds is 4. The normalized spacial score (nSPS) is 10.8. The highest BCUT2D eigenvalue weighted by Gasteiger charge is 2.14. The van der Waals surface area contributed by atoms with Gasteiger partial charge in [0.15, 0.2) is 0 Å². The Labute approximate surface area is 135 Å². The minimum atomic E-state index is -0.455. The molecule has 0 amide bonds. The number of thiazole rings is 1. The molecule has 1 aromatic heterocycles. The van der Waals surface area contributed by atoms with Gasteiger partial charge in [0.25, 0.3) is 5.69 Å². The highest BCUT2D eigenvalue weighted by Crippen LogP contribution is 2.31. The second kappa shape index (κ2) is 5.90. The average molecular weight is 334 g/mol. The summed E-state index contributed by atoms with van der Waals surface area (Å²) < 4.78 is 1.14. The van der Waals surface area contributed by atoms with Gasteiger partial charge in [-0.3, -0.25) is 10.1 Å². The van der Waals surface area contributed by atoms with Gasteiger partial charge in [0.1, 0.15) is 5.01 Å². The number of non-ortho nitro benzene ring substituents is 1. The van der Waals surface area contributed by atoms with E-state index in [1.807, 2.05) is 36.2 Å². The smallest absolute Gasteiger partial charge is 0.271 e. The van der Waals surface area contributed by atoms with Crippen molar-refractivity contribution in [2.45, 2.75) is 6.54 Å². The first kappa shape index (κ1) is 14.7. The summed E-state index contributed by atoms with van der Waals surface area (Å²) in [6, 6.07) is 12.4. The lowest BCUT2D eigenvalue weighted by molar-refractivity contribution is -0.384. The fourth-order valence-electron chi connectivity index (χ4n) is 2.19. The maximum atomic E-state index is 10.7. The first-order valence-corrected chi connectivity index (χ1v) is 7.73. The number of nitrogens with zero attached hydrogens (tertiary/aromatic N) is 3. The topological polar surface area (TPSA) is 59.3 Å². The van der Waals surface area contributed by atoms with Crippen molar-refractivity contribution in [3.63, 3.8) is 0 Å². The molecule has 0 spiro atoms. The zero-order valence-electron chi connectivity index (χ0n) is 11.7. The molecular weight excluding hydrogens is 322 g/mol. The minimum absolute atomic E-state index is 0.0119. The van der Waals surface area contributed by atoms with E-state index < -0.39 is 4.92 Å². The Morgan fingerprint density at radius 2 is 2.09 bits per heavy atom. The molecule has 0 aliphatic carbocycles. The van der Waals surface area contributed by atoms with E-state index >= 15 is 0 Å². The molecule has 0 saturated heterocycles. The quantitative estimate of drug-likeness (QED) is 0.521. The molecule has 0 aliphatic heterocycles. The molecule has 112 valence electrons. The van der Waals surface area contributed by atoms with E-state index in [-0.39, 0.29) is 5.69 Å². The van der Waals surface area contributed by atoms with Gasteiger partial charge in [-0.25, -0.2) is 4.98 Å². The average Bonchev–Trinajstić information content (AvgIpc) is 2.88. The molecule has 1 heterocycles. The number of para-hydroxylation sites is 1. The van der Waals surface area contributed by atoms with Gasteiger partial charge in [-0.15, -0.1) is 11.3 Å². The summed E-state index contributed by atoms with van der Waals surface area (Å²) in [6.07, 6.45) is 0. The van der Waals surface area contributed by atoms with Crippen LogP contribution in [-0.4, -0.2) is 17.0 Å². The van der Waals surface area contributed by atoms with Gasteiger partial charge < -0.3 is 4.90 Å². The predicted molar refractivity (Wildman–Crippen MR) is 89.8 cm³/mol. The monoisotopic (exact) mass is 333 g/mol. The molecule has 22 heavy (non-hydrogen) atoms. The Morgan fingerprint density at radius 1 is 1.32 bits per heavy atom. The number of fused-ring (bicyclic) bond motifs is 1. The minimum Gasteiger partial charge on any atom is -0.367 e. The molecule has 3 rings (SSSR count). The van der Waals surface area contributed by atoms with E-state index in [9.17, 15) is 10.1 Å². The largest absolute Gasteiger partial charge is 0.367 e. The van der Waals surface area contributed by atoms with Crippen LogP contribution in [-0.2, 0) is 6.54 Å². The second-order valence-electron chi connectivity index (χ2n) is 4.82. The van der Waals surface area contributed by atoms with Crippen LogP contribution in [0.1, 0.15) is 5.01 Å². The molecule has 0 atom stereocenters. The lowest BCUT2D eigenvalue weighted by Crippen LogP contribution is -2.16. The predicted octanol–water partition coefficient (Wildman–Crippen LogP) is 4.49. The summed E-state index contributed by atoms with van der Waals surface area (Å²) in [5, 5.41) is 12.1. The third-order valence-electron chi connectivity index (χ3n) is 3.26. The number of hydrogen-bond acceptors (Lipinski definition) is 5. The number of aromatic nitrogens is 1. The van der Waals surface area contributed by atoms with E-state index in [1.165, 1.54) is 12.1 Å². The lowest BCUT2D eigenvalue weighted by Gasteiger charge is -2.18. The van der Waals surface area contributed by atoms with E-state index in [4.69, 9.17) is 11.6 Å². The van der Waals surface area contributed by atoms with Gasteiger partial charge in [-0.1, -0.05) is 23.7 Å². The van der Waals surface area contributed by atoms with Gasteiger partial charge in [-0.2, -0.15) is 0 Å². The van der Waals surface area contributed by atoms with Crippen molar-refractivity contribution in [1.82, 2.24) is 4.98 Å². The first-order chi connectivity index (χ1) is 10.5. The molecule has 7 heteroatoms. The van der Waals surface area contributed by atoms with Crippen LogP contribution in [0.3, 0.4) is 0 Å². The van der Waals surface area contributed by atoms with Crippen LogP contribution in [0.4, 0.5) is 11.4 Å². The number of anilines is 1. The Bertz CT molecular complexity index is 817. The van der Waals surface area contributed by atoms with E-state index in [1.54, 1.807) is 17.4 Å². The lowest BCUT2D eigenvalue weighted by atomic mass is 10.2. The summed E-state index contributed by atoms with van der Waals surface area (Å²) in [5.41, 5.74) is 1.71. The van der Waals surface area contributed by atoms with Crippen molar-refractivity contribution in [2.24, 2.45) is 0 Å². The molecule has 0 saturated carbocycles. The van der Waals surface area contributed by atoms with Crippen LogP contribution >= 0.6 is 22.9 Å². The van der Waals surface area contributed by atoms with Gasteiger partial charge >= 0.3 is 0 Å². The maximum Gasteiger partial charge on any atom is 0.271 e. The number of nitro groups is 1. The molecule has 0 N–H and O–H groups in total. The number of hydrogen-bond donors (Lipinski definition) is 0. The Balaban J connectivity index is 1.84. The Hall–Kier alpha value is -2.18. The molecule has 0 bridgehead atoms. The molecule has 3 aromatic rings. The standard InChI is InChI=1S/C15H12ClN3O2S/c1-18(13-7-6-10(19(20)21)8-11(13)16)9-15-17-12-4-2-3-5-14(12)22-15/h2-8H,9H2,1H3. The molecular formula is C15H12ClN3O2S. The zero-order valence-corrected chi connectivity index (χ0v) is 13.3. The summed E-state index contributed by atoms with van der Waals surface area (Å²) >= 11 is 7.78. The van der Waals surface area contributed by atoms with E-state index in [0.717, 1.165) is 20.9 Å². The van der Waals surface area contributed by atoms with Crippen LogP contribution < -0.4 is 4.90 Å². The zero-order chi connectivity index (χ0) is 15.7. The first-order valence-electron chi connectivity index (χ1n) is 6.54. The molecule has 0 radical (unpaired) electrons. The van der Waals surface area contributed by atoms with Gasteiger partial charge in [0.05, 0.1) is 32.4 Å². The van der Waals surface area contributed by atoms with Crippen molar-refractivity contribution in [2.75, 3.05) is 11.9 Å². The SMILES string of the molecule is CN(Cc1nc2ccccc2s1)c1ccc([N+](=O)[O-])cc1Cl. The van der Waals surface area contributed by atoms with Crippen molar-refractivity contribution in [3.05, 3.63) is 62.6 Å². The number of nitro benzene ring substituents is 1. The number of benzene rings is 2. The summed E-state index contributed by atoms with van der Waals surface area (Å²) in [7, 11) is 1.89. The Kier molecular flexibility index (Phi) is 3.96. The van der Waals surface area contributed by atoms with Crippen LogP contribution in [0.15, 0.2) is 42.5 Å². The maximum absolute atomic E-state index is 10.7. The van der Waals surface area contributed by atoms with Crippen molar-refractivity contribution in [1.29, 1.82) is 0 Å². The highest BCUT2D eigenvalue weighted by molar-refractivity contribution is 7.18. The summed E-state index contributed by atoms with van der Waals surface area (Å²) in [5.74, 6) is 0. The van der Waals surface area contributed by atoms with Crippen molar-refractivity contribution in [3.8, 4) is 0 Å². The summed E-state index contributed by atoms with van der Waals surface area (Å²) in [6.45, 7) is 0.594. The van der Waals surface area contributed by atoms with Crippen molar-refractivity contribution < 1.29 is 4.92 Å². The number of halogens is 1. The highest BCUT2D eigenvalue weighted by atomic mass is 35.5. The van der Waals surface area contributed by atoms with Gasteiger partial charge in [-0.05, 0) is 18.2 Å². The molecule has 0 aliphatic rings. The molecule has 0 fully saturated rings.